The normalized spacial score (nSPS) is 12.3. The highest BCUT2D eigenvalue weighted by Gasteiger charge is 2.43. The van der Waals surface area contributed by atoms with Gasteiger partial charge in [0, 0.05) is 12.5 Å². The van der Waals surface area contributed by atoms with Crippen molar-refractivity contribution in [1.29, 1.82) is 0 Å². The highest BCUT2D eigenvalue weighted by atomic mass is 16.2. The number of anilines is 1. The Hall–Kier alpha value is -7.15. The Bertz CT molecular complexity index is 2520. The fraction of sp³-hybridized carbons (Fsp3) is 0.113. The Morgan fingerprint density at radius 3 is 1.31 bits per heavy atom. The van der Waals surface area contributed by atoms with Gasteiger partial charge < -0.3 is 10.4 Å². The van der Waals surface area contributed by atoms with Crippen molar-refractivity contribution < 1.29 is 5.11 Å². The van der Waals surface area contributed by atoms with Gasteiger partial charge in [0.05, 0.1) is 0 Å². The van der Waals surface area contributed by atoms with Gasteiger partial charge in [0.15, 0.2) is 5.65 Å². The highest BCUT2D eigenvalue weighted by molar-refractivity contribution is 5.80. The van der Waals surface area contributed by atoms with E-state index < -0.39 is 11.1 Å². The van der Waals surface area contributed by atoms with Gasteiger partial charge in [-0.1, -0.05) is 218 Å². The Morgan fingerprint density at radius 2 is 0.898 bits per heavy atom. The minimum absolute atomic E-state index is 0.0770. The fourth-order valence-corrected chi connectivity index (χ4v) is 8.84. The maximum atomic E-state index is 10.2. The monoisotopic (exact) mass is 767 g/mol. The van der Waals surface area contributed by atoms with Crippen LogP contribution in [0.1, 0.15) is 63.3 Å². The van der Waals surface area contributed by atoms with E-state index in [0.717, 1.165) is 44.5 Å². The molecule has 1 unspecified atom stereocenters. The van der Waals surface area contributed by atoms with E-state index in [1.807, 2.05) is 28.9 Å². The molecule has 0 aliphatic carbocycles. The number of hydrogen-bond acceptors (Lipinski definition) is 5. The first-order valence-electron chi connectivity index (χ1n) is 20.3. The molecule has 0 radical (unpaired) electrons. The van der Waals surface area contributed by atoms with Gasteiger partial charge >= 0.3 is 0 Å². The third-order valence-electron chi connectivity index (χ3n) is 11.5. The molecule has 6 heteroatoms. The second kappa shape index (κ2) is 16.8. The number of fused-ring (bicyclic) bond motifs is 1. The van der Waals surface area contributed by atoms with Crippen LogP contribution in [0.15, 0.2) is 218 Å². The van der Waals surface area contributed by atoms with Crippen LogP contribution in [0.4, 0.5) is 5.82 Å². The van der Waals surface area contributed by atoms with Crippen molar-refractivity contribution in [3.63, 3.8) is 0 Å². The summed E-state index contributed by atoms with van der Waals surface area (Å²) in [6, 6.07) is 76.0. The summed E-state index contributed by atoms with van der Waals surface area (Å²) < 4.78 is 2.03. The Labute approximate surface area is 345 Å². The van der Waals surface area contributed by atoms with Crippen LogP contribution in [0.3, 0.4) is 0 Å². The van der Waals surface area contributed by atoms with Gasteiger partial charge in [0.25, 0.3) is 0 Å². The summed E-state index contributed by atoms with van der Waals surface area (Å²) in [5, 5.41) is 24.6. The molecule has 0 aliphatic rings. The number of hydrogen-bond donors (Lipinski definition) is 2. The molecule has 0 amide bonds. The van der Waals surface area contributed by atoms with Crippen molar-refractivity contribution >= 4 is 17.0 Å². The lowest BCUT2D eigenvalue weighted by Crippen LogP contribution is -2.39. The molecule has 2 aromatic heterocycles. The predicted molar refractivity (Wildman–Crippen MR) is 237 cm³/mol. The lowest BCUT2D eigenvalue weighted by atomic mass is 9.76. The van der Waals surface area contributed by atoms with E-state index in [1.54, 1.807) is 0 Å². The summed E-state index contributed by atoms with van der Waals surface area (Å²) in [6.45, 7) is 0.0770. The molecule has 9 aromatic rings. The van der Waals surface area contributed by atoms with Gasteiger partial charge in [-0.25, -0.2) is 9.67 Å². The molecule has 288 valence electrons. The highest BCUT2D eigenvalue weighted by Crippen LogP contribution is 2.45. The molecule has 6 nitrogen and oxygen atoms in total. The lowest BCUT2D eigenvalue weighted by molar-refractivity contribution is 0.282. The van der Waals surface area contributed by atoms with Crippen molar-refractivity contribution in [3.8, 4) is 0 Å². The molecule has 9 rings (SSSR count). The van der Waals surface area contributed by atoms with E-state index in [9.17, 15) is 5.11 Å². The van der Waals surface area contributed by atoms with Crippen LogP contribution >= 0.6 is 0 Å². The molecule has 2 heterocycles. The zero-order valence-electron chi connectivity index (χ0n) is 32.7. The third kappa shape index (κ3) is 6.88. The van der Waals surface area contributed by atoms with Crippen LogP contribution in [0.25, 0.3) is 11.2 Å². The van der Waals surface area contributed by atoms with Gasteiger partial charge in [-0.15, -0.1) is 5.10 Å². The van der Waals surface area contributed by atoms with Crippen LogP contribution in [-0.4, -0.2) is 31.7 Å². The minimum Gasteiger partial charge on any atom is -0.396 e. The number of rotatable bonds is 14. The average Bonchev–Trinajstić information content (AvgIpc) is 3.75. The van der Waals surface area contributed by atoms with E-state index in [1.165, 1.54) is 0 Å². The van der Waals surface area contributed by atoms with Crippen LogP contribution in [0.2, 0.25) is 0 Å². The van der Waals surface area contributed by atoms with Gasteiger partial charge in [0.2, 0.25) is 0 Å². The molecule has 0 fully saturated rings. The molecule has 0 spiro atoms. The van der Waals surface area contributed by atoms with Crippen molar-refractivity contribution in [2.45, 2.75) is 29.8 Å². The molecular formula is C53H45N5O. The summed E-state index contributed by atoms with van der Waals surface area (Å²) in [7, 11) is 0. The fourth-order valence-electron chi connectivity index (χ4n) is 8.84. The number of pyridine rings is 1. The summed E-state index contributed by atoms with van der Waals surface area (Å²) >= 11 is 0. The first-order chi connectivity index (χ1) is 29.2. The summed E-state index contributed by atoms with van der Waals surface area (Å²) in [5.41, 5.74) is 7.94. The molecule has 0 aliphatic heterocycles. The smallest absolute Gasteiger partial charge is 0.182 e. The quantitative estimate of drug-likeness (QED) is 0.108. The first-order valence-corrected chi connectivity index (χ1v) is 20.3. The number of aliphatic hydroxyl groups is 1. The van der Waals surface area contributed by atoms with Crippen molar-refractivity contribution in [1.82, 2.24) is 20.0 Å². The minimum atomic E-state index is -0.954. The van der Waals surface area contributed by atoms with Crippen molar-refractivity contribution in [2.75, 3.05) is 11.9 Å². The molecular weight excluding hydrogens is 723 g/mol. The molecule has 1 atom stereocenters. The number of benzene rings is 7. The Balaban J connectivity index is 1.40. The zero-order valence-corrected chi connectivity index (χ0v) is 32.7. The first kappa shape index (κ1) is 37.4. The van der Waals surface area contributed by atoms with Crippen LogP contribution in [0.5, 0.6) is 0 Å². The van der Waals surface area contributed by atoms with E-state index in [0.29, 0.717) is 29.8 Å². The maximum Gasteiger partial charge on any atom is 0.182 e. The summed E-state index contributed by atoms with van der Waals surface area (Å²) in [4.78, 5) is 5.63. The van der Waals surface area contributed by atoms with E-state index in [-0.39, 0.29) is 12.5 Å². The zero-order chi connectivity index (χ0) is 39.9. The number of aromatic nitrogens is 4. The van der Waals surface area contributed by atoms with E-state index in [4.69, 9.17) is 15.3 Å². The molecule has 0 saturated carbocycles. The second-order valence-corrected chi connectivity index (χ2v) is 14.9. The number of nitrogens with zero attached hydrogens (tertiary/aromatic N) is 4. The lowest BCUT2D eigenvalue weighted by Gasteiger charge is -2.38. The summed E-state index contributed by atoms with van der Waals surface area (Å²) in [6.07, 6.45) is 1.32. The molecule has 7 aromatic carbocycles. The van der Waals surface area contributed by atoms with Crippen LogP contribution < -0.4 is 5.32 Å². The second-order valence-electron chi connectivity index (χ2n) is 14.9. The SMILES string of the molecule is OCCCC(c1ccccc1)c1cc(NC(c2ccccc2)(c2ccccc2)c2ccccc2)nc2c1nnn2C(c1ccccc1)(c1ccccc1)c1ccccc1. The third-order valence-corrected chi connectivity index (χ3v) is 11.5. The summed E-state index contributed by atoms with van der Waals surface area (Å²) in [5.74, 6) is 0.555. The van der Waals surface area contributed by atoms with Gasteiger partial charge in [0.1, 0.15) is 22.4 Å². The Morgan fingerprint density at radius 1 is 0.508 bits per heavy atom. The largest absolute Gasteiger partial charge is 0.396 e. The van der Waals surface area contributed by atoms with Gasteiger partial charge in [-0.05, 0) is 63.4 Å². The molecule has 0 saturated heterocycles. The van der Waals surface area contributed by atoms with Crippen molar-refractivity contribution in [2.24, 2.45) is 0 Å². The van der Waals surface area contributed by atoms with Gasteiger partial charge in [-0.3, -0.25) is 0 Å². The average molecular weight is 768 g/mol. The molecule has 0 bridgehead atoms. The Kier molecular flexibility index (Phi) is 10.6. The molecule has 2 N–H and O–H groups in total. The number of aliphatic hydroxyl groups excluding tert-OH is 1. The topological polar surface area (TPSA) is 75.9 Å². The van der Waals surface area contributed by atoms with E-state index >= 15 is 0 Å². The molecule has 59 heavy (non-hydrogen) atoms. The van der Waals surface area contributed by atoms with Crippen LogP contribution in [-0.2, 0) is 11.1 Å². The van der Waals surface area contributed by atoms with Crippen LogP contribution in [0, 0.1) is 0 Å². The van der Waals surface area contributed by atoms with Gasteiger partial charge in [-0.2, -0.15) is 0 Å². The predicted octanol–water partition coefficient (Wildman–Crippen LogP) is 11.0. The maximum absolute atomic E-state index is 10.2. The standard InChI is InChI=1S/C53H45N5O/c59-38-22-37-47(40-23-8-1-9-24-40)48-39-49(55-52(41-25-10-2-11-26-41,42-27-12-3-13-28-42)43-29-14-4-15-30-43)54-51-50(48)56-57-58(51)53(44-31-16-5-17-32-44,45-33-18-6-19-34-45)46-35-20-7-21-36-46/h1-21,23-36,39,47,59H,22,37-38H2,(H,54,55). The van der Waals surface area contributed by atoms with E-state index in [2.05, 4.69) is 199 Å². The van der Waals surface area contributed by atoms with Crippen molar-refractivity contribution in [3.05, 3.63) is 263 Å². The number of nitrogens with one attached hydrogen (secondary N) is 1.